The topological polar surface area (TPSA) is 15.8 Å². The Balaban J connectivity index is 2.96. The predicted octanol–water partition coefficient (Wildman–Crippen LogP) is 2.96. The molecule has 1 N–H and O–H groups in total. The molecule has 0 fully saturated rings. The smallest absolute Gasteiger partial charge is 0.132 e. The quantitative estimate of drug-likeness (QED) is 0.624. The van der Waals surface area contributed by atoms with Crippen LogP contribution < -0.4 is 0 Å². The van der Waals surface area contributed by atoms with Crippen molar-refractivity contribution in [2.75, 3.05) is 0 Å². The molecule has 1 heterocycles. The molecular formula is C8H5ClFN. The van der Waals surface area contributed by atoms with Crippen LogP contribution in [0.25, 0.3) is 10.9 Å². The zero-order valence-electron chi connectivity index (χ0n) is 5.57. The molecule has 0 saturated carbocycles. The molecule has 11 heavy (non-hydrogen) atoms. The van der Waals surface area contributed by atoms with Crippen molar-refractivity contribution in [2.45, 2.75) is 0 Å². The first-order valence-electron chi connectivity index (χ1n) is 3.20. The van der Waals surface area contributed by atoms with E-state index in [0.29, 0.717) is 15.9 Å². The number of H-pyrrole nitrogens is 1. The SMILES string of the molecule is Fc1ccc(Cl)c2[nH]ccc12. The number of rotatable bonds is 0. The molecule has 3 heteroatoms. The average molecular weight is 170 g/mol. The summed E-state index contributed by atoms with van der Waals surface area (Å²) in [7, 11) is 0. The van der Waals surface area contributed by atoms with Crippen molar-refractivity contribution >= 4 is 22.5 Å². The van der Waals surface area contributed by atoms with Crippen molar-refractivity contribution in [1.82, 2.24) is 4.98 Å². The third-order valence-electron chi connectivity index (χ3n) is 1.62. The molecule has 1 aromatic heterocycles. The molecule has 56 valence electrons. The van der Waals surface area contributed by atoms with E-state index in [1.807, 2.05) is 0 Å². The van der Waals surface area contributed by atoms with E-state index in [1.165, 1.54) is 12.1 Å². The minimum absolute atomic E-state index is 0.245. The highest BCUT2D eigenvalue weighted by atomic mass is 35.5. The number of fused-ring (bicyclic) bond motifs is 1. The summed E-state index contributed by atoms with van der Waals surface area (Å²) in [5.41, 5.74) is 0.659. The fraction of sp³-hybridized carbons (Fsp3) is 0. The monoisotopic (exact) mass is 169 g/mol. The van der Waals surface area contributed by atoms with Gasteiger partial charge in [0.05, 0.1) is 10.5 Å². The van der Waals surface area contributed by atoms with Crippen LogP contribution in [0.3, 0.4) is 0 Å². The first kappa shape index (κ1) is 6.68. The summed E-state index contributed by atoms with van der Waals surface area (Å²) in [4.78, 5) is 2.86. The molecule has 0 bridgehead atoms. The summed E-state index contributed by atoms with van der Waals surface area (Å²) in [6.45, 7) is 0. The Morgan fingerprint density at radius 2 is 2.09 bits per heavy atom. The largest absolute Gasteiger partial charge is 0.360 e. The third kappa shape index (κ3) is 0.906. The highest BCUT2D eigenvalue weighted by molar-refractivity contribution is 6.35. The van der Waals surface area contributed by atoms with Crippen LogP contribution in [-0.4, -0.2) is 4.98 Å². The Labute approximate surface area is 67.8 Å². The van der Waals surface area contributed by atoms with Gasteiger partial charge in [-0.2, -0.15) is 0 Å². The van der Waals surface area contributed by atoms with Gasteiger partial charge in [-0.05, 0) is 18.2 Å². The lowest BCUT2D eigenvalue weighted by Crippen LogP contribution is -1.75. The molecular weight excluding hydrogens is 165 g/mol. The molecule has 0 aliphatic carbocycles. The molecule has 0 aliphatic heterocycles. The normalized spacial score (nSPS) is 10.7. The van der Waals surface area contributed by atoms with Crippen LogP contribution in [0.5, 0.6) is 0 Å². The van der Waals surface area contributed by atoms with Gasteiger partial charge in [0.25, 0.3) is 0 Å². The maximum atomic E-state index is 12.9. The number of aromatic nitrogens is 1. The van der Waals surface area contributed by atoms with Crippen LogP contribution in [-0.2, 0) is 0 Å². The highest BCUT2D eigenvalue weighted by Gasteiger charge is 2.03. The molecule has 2 rings (SSSR count). The number of aromatic amines is 1. The second-order valence-corrected chi connectivity index (χ2v) is 2.70. The number of benzene rings is 1. The van der Waals surface area contributed by atoms with Gasteiger partial charge in [-0.25, -0.2) is 4.39 Å². The standard InChI is InChI=1S/C8H5ClFN/c9-6-1-2-7(10)5-3-4-11-8(5)6/h1-4,11H. The van der Waals surface area contributed by atoms with Gasteiger partial charge in [-0.1, -0.05) is 11.6 Å². The first-order chi connectivity index (χ1) is 5.29. The molecule has 0 atom stereocenters. The van der Waals surface area contributed by atoms with E-state index in [2.05, 4.69) is 4.98 Å². The summed E-state index contributed by atoms with van der Waals surface area (Å²) in [5, 5.41) is 1.09. The molecule has 0 aliphatic rings. The predicted molar refractivity (Wildman–Crippen MR) is 43.3 cm³/mol. The van der Waals surface area contributed by atoms with Crippen LogP contribution in [0.1, 0.15) is 0 Å². The zero-order valence-corrected chi connectivity index (χ0v) is 6.32. The summed E-state index contributed by atoms with van der Waals surface area (Å²) in [6, 6.07) is 4.56. The molecule has 1 aromatic carbocycles. The van der Waals surface area contributed by atoms with Gasteiger partial charge in [-0.15, -0.1) is 0 Å². The van der Waals surface area contributed by atoms with Gasteiger partial charge in [0.2, 0.25) is 0 Å². The minimum Gasteiger partial charge on any atom is -0.360 e. The van der Waals surface area contributed by atoms with E-state index in [9.17, 15) is 4.39 Å². The van der Waals surface area contributed by atoms with Crippen molar-refractivity contribution in [1.29, 1.82) is 0 Å². The van der Waals surface area contributed by atoms with Crippen LogP contribution in [0.4, 0.5) is 4.39 Å². The summed E-state index contributed by atoms with van der Waals surface area (Å²) in [5.74, 6) is -0.245. The Hall–Kier alpha value is -1.02. The van der Waals surface area contributed by atoms with E-state index in [0.717, 1.165) is 0 Å². The summed E-state index contributed by atoms with van der Waals surface area (Å²) in [6.07, 6.45) is 1.67. The van der Waals surface area contributed by atoms with Crippen molar-refractivity contribution in [3.63, 3.8) is 0 Å². The van der Waals surface area contributed by atoms with E-state index < -0.39 is 0 Å². The third-order valence-corrected chi connectivity index (χ3v) is 1.93. The van der Waals surface area contributed by atoms with E-state index in [1.54, 1.807) is 12.3 Å². The fourth-order valence-electron chi connectivity index (χ4n) is 1.09. The van der Waals surface area contributed by atoms with Crippen LogP contribution in [0, 0.1) is 5.82 Å². The second-order valence-electron chi connectivity index (χ2n) is 2.30. The lowest BCUT2D eigenvalue weighted by atomic mass is 10.2. The van der Waals surface area contributed by atoms with Crippen LogP contribution in [0.15, 0.2) is 24.4 Å². The molecule has 0 saturated heterocycles. The van der Waals surface area contributed by atoms with Gasteiger partial charge in [0.15, 0.2) is 0 Å². The Kier molecular flexibility index (Phi) is 1.36. The van der Waals surface area contributed by atoms with Crippen molar-refractivity contribution < 1.29 is 4.39 Å². The lowest BCUT2D eigenvalue weighted by molar-refractivity contribution is 0.640. The highest BCUT2D eigenvalue weighted by Crippen LogP contribution is 2.23. The summed E-state index contributed by atoms with van der Waals surface area (Å²) >= 11 is 5.77. The molecule has 1 nitrogen and oxygen atoms in total. The molecule has 0 radical (unpaired) electrons. The Morgan fingerprint density at radius 1 is 1.27 bits per heavy atom. The Bertz CT molecular complexity index is 358. The average Bonchev–Trinajstić information content (AvgIpc) is 2.45. The summed E-state index contributed by atoms with van der Waals surface area (Å²) < 4.78 is 12.9. The number of hydrogen-bond donors (Lipinski definition) is 1. The van der Waals surface area contributed by atoms with Crippen molar-refractivity contribution in [3.05, 3.63) is 35.2 Å². The molecule has 0 unspecified atom stereocenters. The maximum Gasteiger partial charge on any atom is 0.132 e. The van der Waals surface area contributed by atoms with Crippen LogP contribution >= 0.6 is 11.6 Å². The first-order valence-corrected chi connectivity index (χ1v) is 3.58. The lowest BCUT2D eigenvalue weighted by Gasteiger charge is -1.93. The molecule has 0 spiro atoms. The minimum atomic E-state index is -0.245. The van der Waals surface area contributed by atoms with Gasteiger partial charge in [-0.3, -0.25) is 0 Å². The second kappa shape index (κ2) is 2.24. The van der Waals surface area contributed by atoms with Gasteiger partial charge < -0.3 is 4.98 Å². The van der Waals surface area contributed by atoms with Gasteiger partial charge in [0, 0.05) is 11.6 Å². The van der Waals surface area contributed by atoms with E-state index in [4.69, 9.17) is 11.6 Å². The van der Waals surface area contributed by atoms with E-state index in [-0.39, 0.29) is 5.82 Å². The number of nitrogens with one attached hydrogen (secondary N) is 1. The number of halogens is 2. The fourth-order valence-corrected chi connectivity index (χ4v) is 1.30. The molecule has 0 amide bonds. The Morgan fingerprint density at radius 3 is 2.82 bits per heavy atom. The molecule has 2 aromatic rings. The van der Waals surface area contributed by atoms with Gasteiger partial charge >= 0.3 is 0 Å². The van der Waals surface area contributed by atoms with Gasteiger partial charge in [0.1, 0.15) is 5.82 Å². The van der Waals surface area contributed by atoms with Crippen molar-refractivity contribution in [3.8, 4) is 0 Å². The maximum absolute atomic E-state index is 12.9. The van der Waals surface area contributed by atoms with Crippen LogP contribution in [0.2, 0.25) is 5.02 Å². The number of hydrogen-bond acceptors (Lipinski definition) is 0. The zero-order chi connectivity index (χ0) is 7.84. The van der Waals surface area contributed by atoms with E-state index >= 15 is 0 Å². The van der Waals surface area contributed by atoms with Crippen molar-refractivity contribution in [2.24, 2.45) is 0 Å².